The molecule has 3 nitrogen and oxygen atoms in total. The Morgan fingerprint density at radius 2 is 2.26 bits per heavy atom. The summed E-state index contributed by atoms with van der Waals surface area (Å²) in [5.41, 5.74) is 0.551. The van der Waals surface area contributed by atoms with Crippen LogP contribution in [-0.2, 0) is 9.53 Å². The van der Waals surface area contributed by atoms with Crippen molar-refractivity contribution in [2.45, 2.75) is 26.3 Å². The van der Waals surface area contributed by atoms with Gasteiger partial charge in [-0.25, -0.2) is 4.39 Å². The Balaban J connectivity index is 2.31. The fourth-order valence-corrected chi connectivity index (χ4v) is 2.51. The SMILES string of the molecule is CC(C)N(C(=O)C1CCOC1)c1ccc(F)cc1Cl. The van der Waals surface area contributed by atoms with Crippen molar-refractivity contribution in [2.75, 3.05) is 18.1 Å². The molecule has 5 heteroatoms. The molecule has 1 aromatic rings. The number of ether oxygens (including phenoxy) is 1. The van der Waals surface area contributed by atoms with Gasteiger partial charge in [-0.3, -0.25) is 4.79 Å². The molecule has 0 aliphatic carbocycles. The third-order valence-corrected chi connectivity index (χ3v) is 3.50. The van der Waals surface area contributed by atoms with Gasteiger partial charge in [0.1, 0.15) is 5.82 Å². The van der Waals surface area contributed by atoms with Crippen molar-refractivity contribution in [1.29, 1.82) is 0 Å². The highest BCUT2D eigenvalue weighted by Gasteiger charge is 2.31. The van der Waals surface area contributed by atoms with E-state index in [1.165, 1.54) is 12.1 Å². The fraction of sp³-hybridized carbons (Fsp3) is 0.500. The van der Waals surface area contributed by atoms with Crippen LogP contribution in [0.3, 0.4) is 0 Å². The van der Waals surface area contributed by atoms with Crippen LogP contribution >= 0.6 is 11.6 Å². The molecular weight excluding hydrogens is 269 g/mol. The average molecular weight is 286 g/mol. The van der Waals surface area contributed by atoms with E-state index in [9.17, 15) is 9.18 Å². The number of amides is 1. The highest BCUT2D eigenvalue weighted by molar-refractivity contribution is 6.33. The van der Waals surface area contributed by atoms with Gasteiger partial charge < -0.3 is 9.64 Å². The van der Waals surface area contributed by atoms with E-state index in [4.69, 9.17) is 16.3 Å². The number of halogens is 2. The van der Waals surface area contributed by atoms with E-state index in [2.05, 4.69) is 0 Å². The van der Waals surface area contributed by atoms with Crippen LogP contribution in [0.2, 0.25) is 5.02 Å². The zero-order valence-electron chi connectivity index (χ0n) is 11.0. The zero-order valence-corrected chi connectivity index (χ0v) is 11.8. The molecule has 1 aliphatic heterocycles. The van der Waals surface area contributed by atoms with Crippen molar-refractivity contribution in [1.82, 2.24) is 0 Å². The molecular formula is C14H17ClFNO2. The second-order valence-electron chi connectivity index (χ2n) is 4.96. The first kappa shape index (κ1) is 14.3. The molecule has 0 spiro atoms. The molecule has 0 saturated carbocycles. The van der Waals surface area contributed by atoms with Crippen molar-refractivity contribution in [3.8, 4) is 0 Å². The quantitative estimate of drug-likeness (QED) is 0.853. The van der Waals surface area contributed by atoms with E-state index in [-0.39, 0.29) is 22.9 Å². The van der Waals surface area contributed by atoms with Gasteiger partial charge in [-0.2, -0.15) is 0 Å². The van der Waals surface area contributed by atoms with E-state index in [0.29, 0.717) is 18.9 Å². The Labute approximate surface area is 117 Å². The number of carbonyl (C=O) groups excluding carboxylic acids is 1. The van der Waals surface area contributed by atoms with Crippen LogP contribution in [0.5, 0.6) is 0 Å². The van der Waals surface area contributed by atoms with Crippen LogP contribution < -0.4 is 4.90 Å². The summed E-state index contributed by atoms with van der Waals surface area (Å²) in [5, 5.41) is 0.251. The van der Waals surface area contributed by atoms with Crippen LogP contribution in [0, 0.1) is 11.7 Å². The van der Waals surface area contributed by atoms with E-state index < -0.39 is 5.82 Å². The second kappa shape index (κ2) is 5.88. The summed E-state index contributed by atoms with van der Waals surface area (Å²) in [6.07, 6.45) is 0.723. The molecule has 1 saturated heterocycles. The standard InChI is InChI=1S/C14H17ClFNO2/c1-9(2)17(14(18)10-5-6-19-8-10)13-4-3-11(16)7-12(13)15/h3-4,7,9-10H,5-6,8H2,1-2H3. The summed E-state index contributed by atoms with van der Waals surface area (Å²) in [6, 6.07) is 4.04. The number of benzene rings is 1. The van der Waals surface area contributed by atoms with Crippen molar-refractivity contribution in [3.63, 3.8) is 0 Å². The number of anilines is 1. The zero-order chi connectivity index (χ0) is 14.0. The van der Waals surface area contributed by atoms with E-state index in [0.717, 1.165) is 6.42 Å². The maximum Gasteiger partial charge on any atom is 0.232 e. The van der Waals surface area contributed by atoms with Crippen molar-refractivity contribution >= 4 is 23.2 Å². The lowest BCUT2D eigenvalue weighted by atomic mass is 10.1. The Morgan fingerprint density at radius 1 is 1.53 bits per heavy atom. The van der Waals surface area contributed by atoms with Crippen LogP contribution in [0.4, 0.5) is 10.1 Å². The molecule has 104 valence electrons. The highest BCUT2D eigenvalue weighted by Crippen LogP contribution is 2.30. The monoisotopic (exact) mass is 285 g/mol. The first-order valence-corrected chi connectivity index (χ1v) is 6.74. The van der Waals surface area contributed by atoms with E-state index >= 15 is 0 Å². The Hall–Kier alpha value is -1.13. The molecule has 2 rings (SSSR count). The Kier molecular flexibility index (Phi) is 4.42. The molecule has 0 N–H and O–H groups in total. The van der Waals surface area contributed by atoms with Crippen LogP contribution in [0.15, 0.2) is 18.2 Å². The number of rotatable bonds is 3. The summed E-state index contributed by atoms with van der Waals surface area (Å²) < 4.78 is 18.4. The number of hydrogen-bond acceptors (Lipinski definition) is 2. The Morgan fingerprint density at radius 3 is 2.79 bits per heavy atom. The predicted molar refractivity (Wildman–Crippen MR) is 73.0 cm³/mol. The molecule has 1 heterocycles. The van der Waals surface area contributed by atoms with E-state index in [1.54, 1.807) is 11.0 Å². The van der Waals surface area contributed by atoms with Gasteiger partial charge >= 0.3 is 0 Å². The van der Waals surface area contributed by atoms with Crippen molar-refractivity contribution in [2.24, 2.45) is 5.92 Å². The smallest absolute Gasteiger partial charge is 0.232 e. The van der Waals surface area contributed by atoms with Crippen LogP contribution in [0.25, 0.3) is 0 Å². The third kappa shape index (κ3) is 3.07. The van der Waals surface area contributed by atoms with E-state index in [1.807, 2.05) is 13.8 Å². The van der Waals surface area contributed by atoms with Gasteiger partial charge in [-0.1, -0.05) is 11.6 Å². The third-order valence-electron chi connectivity index (χ3n) is 3.20. The Bertz CT molecular complexity index is 473. The van der Waals surface area contributed by atoms with Gasteiger partial charge in [0, 0.05) is 12.6 Å². The highest BCUT2D eigenvalue weighted by atomic mass is 35.5. The molecule has 1 amide bonds. The van der Waals surface area contributed by atoms with Crippen molar-refractivity contribution < 1.29 is 13.9 Å². The lowest BCUT2D eigenvalue weighted by Gasteiger charge is -2.29. The molecule has 0 radical (unpaired) electrons. The molecule has 1 aromatic carbocycles. The minimum atomic E-state index is -0.408. The summed E-state index contributed by atoms with van der Waals surface area (Å²) in [5.74, 6) is -0.557. The number of hydrogen-bond donors (Lipinski definition) is 0. The molecule has 1 aliphatic rings. The summed E-state index contributed by atoms with van der Waals surface area (Å²) in [4.78, 5) is 14.1. The van der Waals surface area contributed by atoms with Gasteiger partial charge in [0.25, 0.3) is 0 Å². The van der Waals surface area contributed by atoms with Crippen LogP contribution in [-0.4, -0.2) is 25.2 Å². The lowest BCUT2D eigenvalue weighted by Crippen LogP contribution is -2.41. The lowest BCUT2D eigenvalue weighted by molar-refractivity contribution is -0.122. The first-order chi connectivity index (χ1) is 9.00. The van der Waals surface area contributed by atoms with Gasteiger partial charge in [0.2, 0.25) is 5.91 Å². The minimum Gasteiger partial charge on any atom is -0.381 e. The van der Waals surface area contributed by atoms with Gasteiger partial charge in [-0.05, 0) is 38.5 Å². The first-order valence-electron chi connectivity index (χ1n) is 6.36. The number of carbonyl (C=O) groups is 1. The molecule has 0 bridgehead atoms. The molecule has 1 atom stereocenters. The minimum absolute atomic E-state index is 0.0130. The fourth-order valence-electron chi connectivity index (χ4n) is 2.25. The largest absolute Gasteiger partial charge is 0.381 e. The average Bonchev–Trinajstić information content (AvgIpc) is 2.85. The maximum absolute atomic E-state index is 13.1. The molecule has 1 fully saturated rings. The summed E-state index contributed by atoms with van der Waals surface area (Å²) in [6.45, 7) is 4.88. The normalized spacial score (nSPS) is 18.9. The molecule has 19 heavy (non-hydrogen) atoms. The summed E-state index contributed by atoms with van der Waals surface area (Å²) in [7, 11) is 0. The predicted octanol–water partition coefficient (Wildman–Crippen LogP) is 3.26. The van der Waals surface area contributed by atoms with Gasteiger partial charge in [-0.15, -0.1) is 0 Å². The van der Waals surface area contributed by atoms with Gasteiger partial charge in [0.15, 0.2) is 0 Å². The van der Waals surface area contributed by atoms with Crippen molar-refractivity contribution in [3.05, 3.63) is 29.0 Å². The van der Waals surface area contributed by atoms with Gasteiger partial charge in [0.05, 0.1) is 23.2 Å². The number of nitrogens with zero attached hydrogens (tertiary/aromatic N) is 1. The molecule has 0 aromatic heterocycles. The second-order valence-corrected chi connectivity index (χ2v) is 5.37. The summed E-state index contributed by atoms with van der Waals surface area (Å²) >= 11 is 6.05. The topological polar surface area (TPSA) is 29.5 Å². The van der Waals surface area contributed by atoms with Crippen LogP contribution in [0.1, 0.15) is 20.3 Å². The maximum atomic E-state index is 13.1. The molecule has 1 unspecified atom stereocenters.